The average molecular weight is 475 g/mol. The molecule has 0 bridgehead atoms. The number of benzene rings is 3. The molecule has 1 aromatic heterocycles. The third-order valence-corrected chi connectivity index (χ3v) is 7.11. The van der Waals surface area contributed by atoms with Gasteiger partial charge >= 0.3 is 0 Å². The molecule has 0 fully saturated rings. The van der Waals surface area contributed by atoms with Crippen molar-refractivity contribution in [2.24, 2.45) is 0 Å². The smallest absolute Gasteiger partial charge is 0.198 e. The standard InChI is InChI=1S/C31H35FOS/c1-3-5-7-8-9-10-12-24-17-20-27-26-19-18-25(21-28(26)31(34)33-30(27)29(24)32)23-15-13-22(14-16-23)11-6-4-2/h13-21H,3-12H2,1-2H3. The number of unbranched alkanes of at least 4 members (excludes halogenated alkanes) is 6. The molecule has 0 aliphatic carbocycles. The summed E-state index contributed by atoms with van der Waals surface area (Å²) < 4.78 is 21.6. The lowest BCUT2D eigenvalue weighted by Crippen LogP contribution is -1.94. The number of hydrogen-bond donors (Lipinski definition) is 0. The molecule has 34 heavy (non-hydrogen) atoms. The lowest BCUT2D eigenvalue weighted by molar-refractivity contribution is 0.534. The molecule has 178 valence electrons. The summed E-state index contributed by atoms with van der Waals surface area (Å²) >= 11 is 5.58. The topological polar surface area (TPSA) is 13.1 Å². The molecule has 0 unspecified atom stereocenters. The Morgan fingerprint density at radius 3 is 2.12 bits per heavy atom. The summed E-state index contributed by atoms with van der Waals surface area (Å²) in [5.74, 6) is -0.259. The molecule has 0 saturated carbocycles. The molecule has 1 heterocycles. The van der Waals surface area contributed by atoms with Crippen LogP contribution in [0.5, 0.6) is 0 Å². The van der Waals surface area contributed by atoms with E-state index in [1.807, 2.05) is 12.1 Å². The highest BCUT2D eigenvalue weighted by Gasteiger charge is 2.14. The van der Waals surface area contributed by atoms with E-state index >= 15 is 4.39 Å². The fraction of sp³-hybridized carbons (Fsp3) is 0.387. The summed E-state index contributed by atoms with van der Waals surface area (Å²) in [6.07, 6.45) is 11.4. The highest BCUT2D eigenvalue weighted by atomic mass is 32.1. The maximum Gasteiger partial charge on any atom is 0.198 e. The van der Waals surface area contributed by atoms with Gasteiger partial charge in [0, 0.05) is 10.8 Å². The van der Waals surface area contributed by atoms with E-state index in [1.165, 1.54) is 44.1 Å². The van der Waals surface area contributed by atoms with Crippen molar-refractivity contribution in [2.75, 3.05) is 0 Å². The summed E-state index contributed by atoms with van der Waals surface area (Å²) in [5.41, 5.74) is 4.62. The fourth-order valence-electron chi connectivity index (χ4n) is 4.72. The average Bonchev–Trinajstić information content (AvgIpc) is 2.86. The molecule has 0 amide bonds. The molecule has 0 atom stereocenters. The predicted molar refractivity (Wildman–Crippen MR) is 146 cm³/mol. The highest BCUT2D eigenvalue weighted by molar-refractivity contribution is 7.71. The Bertz CT molecular complexity index is 1300. The van der Waals surface area contributed by atoms with E-state index in [0.717, 1.165) is 58.5 Å². The summed E-state index contributed by atoms with van der Waals surface area (Å²) in [4.78, 5) is 0. The van der Waals surface area contributed by atoms with E-state index in [0.29, 0.717) is 4.71 Å². The van der Waals surface area contributed by atoms with Gasteiger partial charge in [-0.2, -0.15) is 0 Å². The van der Waals surface area contributed by atoms with Crippen molar-refractivity contribution in [1.29, 1.82) is 0 Å². The number of aryl methyl sites for hydroxylation is 2. The first-order valence-electron chi connectivity index (χ1n) is 12.9. The van der Waals surface area contributed by atoms with Crippen molar-refractivity contribution in [3.63, 3.8) is 0 Å². The minimum absolute atomic E-state index is 0.259. The molecule has 4 aromatic rings. The number of halogens is 1. The van der Waals surface area contributed by atoms with Crippen LogP contribution in [0, 0.1) is 10.5 Å². The maximum atomic E-state index is 15.3. The van der Waals surface area contributed by atoms with Gasteiger partial charge in [-0.3, -0.25) is 0 Å². The summed E-state index contributed by atoms with van der Waals surface area (Å²) in [6, 6.07) is 18.9. The summed E-state index contributed by atoms with van der Waals surface area (Å²) in [5, 5.41) is 2.59. The molecule has 0 aliphatic heterocycles. The van der Waals surface area contributed by atoms with Crippen LogP contribution in [-0.4, -0.2) is 0 Å². The van der Waals surface area contributed by atoms with Gasteiger partial charge in [-0.15, -0.1) is 0 Å². The molecule has 0 aliphatic rings. The van der Waals surface area contributed by atoms with Crippen LogP contribution in [0.4, 0.5) is 4.39 Å². The molecule has 0 saturated heterocycles. The molecular weight excluding hydrogens is 439 g/mol. The Morgan fingerprint density at radius 1 is 0.676 bits per heavy atom. The second-order valence-corrected chi connectivity index (χ2v) is 9.75. The summed E-state index contributed by atoms with van der Waals surface area (Å²) in [7, 11) is 0. The molecule has 0 radical (unpaired) electrons. The molecule has 1 nitrogen and oxygen atoms in total. The Labute approximate surface area is 208 Å². The lowest BCUT2D eigenvalue weighted by atomic mass is 9.97. The van der Waals surface area contributed by atoms with E-state index in [4.69, 9.17) is 16.6 Å². The van der Waals surface area contributed by atoms with Crippen molar-refractivity contribution in [1.82, 2.24) is 0 Å². The quantitative estimate of drug-likeness (QED) is 0.122. The van der Waals surface area contributed by atoms with Crippen LogP contribution in [0.2, 0.25) is 0 Å². The van der Waals surface area contributed by atoms with Gasteiger partial charge in [-0.1, -0.05) is 101 Å². The van der Waals surface area contributed by atoms with Gasteiger partial charge in [-0.25, -0.2) is 4.39 Å². The molecule has 0 spiro atoms. The van der Waals surface area contributed by atoms with Crippen LogP contribution in [0.15, 0.2) is 59.0 Å². The van der Waals surface area contributed by atoms with E-state index in [-0.39, 0.29) is 11.4 Å². The third kappa shape index (κ3) is 5.58. The third-order valence-electron chi connectivity index (χ3n) is 6.81. The van der Waals surface area contributed by atoms with Crippen LogP contribution in [0.3, 0.4) is 0 Å². The number of rotatable bonds is 11. The van der Waals surface area contributed by atoms with E-state index in [2.05, 4.69) is 56.3 Å². The zero-order valence-electron chi connectivity index (χ0n) is 20.5. The van der Waals surface area contributed by atoms with Gasteiger partial charge in [0.1, 0.15) is 0 Å². The van der Waals surface area contributed by atoms with Crippen LogP contribution < -0.4 is 0 Å². The number of fused-ring (bicyclic) bond motifs is 3. The molecule has 3 heteroatoms. The van der Waals surface area contributed by atoms with Crippen molar-refractivity contribution in [3.8, 4) is 11.1 Å². The van der Waals surface area contributed by atoms with Crippen LogP contribution >= 0.6 is 12.2 Å². The first kappa shape index (κ1) is 24.6. The number of hydrogen-bond acceptors (Lipinski definition) is 2. The molecule has 0 N–H and O–H groups in total. The largest absolute Gasteiger partial charge is 0.441 e. The van der Waals surface area contributed by atoms with E-state index in [9.17, 15) is 0 Å². The van der Waals surface area contributed by atoms with Crippen LogP contribution in [0.1, 0.15) is 76.3 Å². The van der Waals surface area contributed by atoms with E-state index in [1.54, 1.807) is 0 Å². The SMILES string of the molecule is CCCCCCCCc1ccc2c(oc(=S)c3cc(-c4ccc(CCCC)cc4)ccc32)c1F. The highest BCUT2D eigenvalue weighted by Crippen LogP contribution is 2.33. The second-order valence-electron chi connectivity index (χ2n) is 9.38. The monoisotopic (exact) mass is 474 g/mol. The lowest BCUT2D eigenvalue weighted by Gasteiger charge is -2.10. The van der Waals surface area contributed by atoms with Crippen molar-refractivity contribution < 1.29 is 8.81 Å². The van der Waals surface area contributed by atoms with Gasteiger partial charge in [0.25, 0.3) is 0 Å². The van der Waals surface area contributed by atoms with Gasteiger partial charge in [0.2, 0.25) is 0 Å². The van der Waals surface area contributed by atoms with Crippen LogP contribution in [-0.2, 0) is 12.8 Å². The Kier molecular flexibility index (Phi) is 8.50. The Hall–Kier alpha value is -2.52. The van der Waals surface area contributed by atoms with Gasteiger partial charge < -0.3 is 4.42 Å². The maximum absolute atomic E-state index is 15.3. The van der Waals surface area contributed by atoms with E-state index < -0.39 is 0 Å². The van der Waals surface area contributed by atoms with Crippen molar-refractivity contribution in [2.45, 2.75) is 78.1 Å². The second kappa shape index (κ2) is 11.8. The minimum atomic E-state index is -0.259. The van der Waals surface area contributed by atoms with Gasteiger partial charge in [-0.05, 0) is 71.6 Å². The zero-order chi connectivity index (χ0) is 23.9. The van der Waals surface area contributed by atoms with Crippen molar-refractivity contribution >= 4 is 34.0 Å². The minimum Gasteiger partial charge on any atom is -0.441 e. The molecular formula is C31H35FOS. The molecule has 3 aromatic carbocycles. The first-order valence-corrected chi connectivity index (χ1v) is 13.3. The van der Waals surface area contributed by atoms with Crippen LogP contribution in [0.25, 0.3) is 32.9 Å². The van der Waals surface area contributed by atoms with Crippen molar-refractivity contribution in [3.05, 3.63) is 76.2 Å². The predicted octanol–water partition coefficient (Wildman–Crippen LogP) is 10.4. The Morgan fingerprint density at radius 2 is 1.35 bits per heavy atom. The molecule has 4 rings (SSSR count). The normalized spacial score (nSPS) is 11.5. The first-order chi connectivity index (χ1) is 16.6. The van der Waals surface area contributed by atoms with Gasteiger partial charge in [0.05, 0.1) is 0 Å². The Balaban J connectivity index is 1.60. The fourth-order valence-corrected chi connectivity index (χ4v) is 4.97. The zero-order valence-corrected chi connectivity index (χ0v) is 21.3. The van der Waals surface area contributed by atoms with Gasteiger partial charge in [0.15, 0.2) is 16.1 Å². The summed E-state index contributed by atoms with van der Waals surface area (Å²) in [6.45, 7) is 4.43.